The molecule has 78 valence electrons. The molecular formula is C11H18N2O. The zero-order chi connectivity index (χ0) is 10.8. The van der Waals surface area contributed by atoms with E-state index in [1.807, 2.05) is 0 Å². The smallest absolute Gasteiger partial charge is 0.243 e. The number of hydrogen-bond acceptors (Lipinski definition) is 2. The van der Waals surface area contributed by atoms with Crippen molar-refractivity contribution in [2.24, 2.45) is 16.9 Å². The highest BCUT2D eigenvalue weighted by Gasteiger charge is 2.21. The average Bonchev–Trinajstić information content (AvgIpc) is 2.02. The Kier molecular flexibility index (Phi) is 2.99. The number of carbonyl (C=O) groups is 1. The second-order valence-electron chi connectivity index (χ2n) is 4.60. The maximum Gasteiger partial charge on any atom is 0.243 e. The van der Waals surface area contributed by atoms with Crippen molar-refractivity contribution in [3.05, 3.63) is 23.4 Å². The summed E-state index contributed by atoms with van der Waals surface area (Å²) < 4.78 is 0. The number of primary amides is 1. The Balaban J connectivity index is 2.73. The molecule has 0 aromatic carbocycles. The molecule has 0 saturated heterocycles. The van der Waals surface area contributed by atoms with Crippen LogP contribution in [-0.2, 0) is 4.79 Å². The third kappa shape index (κ3) is 2.91. The fraction of sp³-hybridized carbons (Fsp3) is 0.545. The molecule has 0 fully saturated rings. The van der Waals surface area contributed by atoms with Gasteiger partial charge in [0, 0.05) is 11.8 Å². The Bertz CT molecular complexity index is 300. The summed E-state index contributed by atoms with van der Waals surface area (Å²) in [6, 6.07) is 0. The van der Waals surface area contributed by atoms with Crippen LogP contribution in [0, 0.1) is 5.41 Å². The molecule has 0 aromatic rings. The van der Waals surface area contributed by atoms with Crippen LogP contribution < -0.4 is 11.5 Å². The first-order valence-corrected chi connectivity index (χ1v) is 4.87. The molecule has 1 aliphatic carbocycles. The first-order valence-electron chi connectivity index (χ1n) is 4.87. The van der Waals surface area contributed by atoms with Gasteiger partial charge in [-0.05, 0) is 30.3 Å². The molecule has 0 atom stereocenters. The second-order valence-corrected chi connectivity index (χ2v) is 4.60. The molecule has 1 rings (SSSR count). The van der Waals surface area contributed by atoms with Gasteiger partial charge in [-0.3, -0.25) is 4.79 Å². The molecule has 3 nitrogen and oxygen atoms in total. The zero-order valence-corrected chi connectivity index (χ0v) is 8.84. The molecule has 0 radical (unpaired) electrons. The van der Waals surface area contributed by atoms with Crippen LogP contribution >= 0.6 is 0 Å². The summed E-state index contributed by atoms with van der Waals surface area (Å²) in [5, 5.41) is 0. The van der Waals surface area contributed by atoms with E-state index in [2.05, 4.69) is 19.9 Å². The molecule has 0 spiro atoms. The molecule has 4 N–H and O–H groups in total. The molecule has 0 unspecified atom stereocenters. The number of amides is 1. The Morgan fingerprint density at radius 3 is 2.57 bits per heavy atom. The topological polar surface area (TPSA) is 69.1 Å². The van der Waals surface area contributed by atoms with Crippen molar-refractivity contribution in [1.29, 1.82) is 0 Å². The fourth-order valence-electron chi connectivity index (χ4n) is 1.58. The third-order valence-corrected chi connectivity index (χ3v) is 2.64. The van der Waals surface area contributed by atoms with Crippen molar-refractivity contribution < 1.29 is 4.79 Å². The van der Waals surface area contributed by atoms with Crippen LogP contribution in [0.3, 0.4) is 0 Å². The Labute approximate surface area is 84.8 Å². The summed E-state index contributed by atoms with van der Waals surface area (Å²) >= 11 is 0. The minimum Gasteiger partial charge on any atom is -0.398 e. The van der Waals surface area contributed by atoms with E-state index in [0.717, 1.165) is 24.8 Å². The van der Waals surface area contributed by atoms with Crippen molar-refractivity contribution in [2.75, 3.05) is 0 Å². The predicted octanol–water partition coefficient (Wildman–Crippen LogP) is 1.45. The molecule has 0 saturated carbocycles. The van der Waals surface area contributed by atoms with E-state index in [9.17, 15) is 4.79 Å². The number of rotatable bonds is 2. The van der Waals surface area contributed by atoms with Crippen LogP contribution in [0.1, 0.15) is 33.1 Å². The molecule has 0 bridgehead atoms. The molecule has 1 amide bonds. The third-order valence-electron chi connectivity index (χ3n) is 2.64. The fourth-order valence-corrected chi connectivity index (χ4v) is 1.58. The average molecular weight is 194 g/mol. The summed E-state index contributed by atoms with van der Waals surface area (Å²) in [6.45, 7) is 4.46. The SMILES string of the molecule is CC1(C)CC=C(C(N)=CC(N)=O)CC1. The monoisotopic (exact) mass is 194 g/mol. The first-order chi connectivity index (χ1) is 6.41. The molecular weight excluding hydrogens is 176 g/mol. The molecule has 0 heterocycles. The highest BCUT2D eigenvalue weighted by molar-refractivity contribution is 5.87. The van der Waals surface area contributed by atoms with Crippen LogP contribution in [0.25, 0.3) is 0 Å². The number of hydrogen-bond donors (Lipinski definition) is 2. The van der Waals surface area contributed by atoms with E-state index in [4.69, 9.17) is 11.5 Å². The summed E-state index contributed by atoms with van der Waals surface area (Å²) in [7, 11) is 0. The van der Waals surface area contributed by atoms with Gasteiger partial charge in [0.15, 0.2) is 0 Å². The molecule has 1 aliphatic rings. The lowest BCUT2D eigenvalue weighted by molar-refractivity contribution is -0.113. The predicted molar refractivity (Wildman–Crippen MR) is 57.2 cm³/mol. The Hall–Kier alpha value is -1.25. The normalized spacial score (nSPS) is 21.6. The summed E-state index contributed by atoms with van der Waals surface area (Å²) in [4.78, 5) is 10.6. The van der Waals surface area contributed by atoms with Crippen LogP contribution in [0.5, 0.6) is 0 Å². The highest BCUT2D eigenvalue weighted by Crippen LogP contribution is 2.35. The van der Waals surface area contributed by atoms with Crippen molar-refractivity contribution in [1.82, 2.24) is 0 Å². The minimum atomic E-state index is -0.478. The van der Waals surface area contributed by atoms with Gasteiger partial charge in [-0.2, -0.15) is 0 Å². The van der Waals surface area contributed by atoms with Gasteiger partial charge < -0.3 is 11.5 Å². The standard InChI is InChI=1S/C11H18N2O/c1-11(2)5-3-8(4-6-11)9(12)7-10(13)14/h3,7H,4-6,12H2,1-2H3,(H2,13,14). The molecule has 0 aliphatic heterocycles. The summed E-state index contributed by atoms with van der Waals surface area (Å²) in [5.41, 5.74) is 12.7. The maximum atomic E-state index is 10.6. The van der Waals surface area contributed by atoms with Crippen molar-refractivity contribution in [3.8, 4) is 0 Å². The van der Waals surface area contributed by atoms with Gasteiger partial charge in [-0.25, -0.2) is 0 Å². The molecule has 3 heteroatoms. The largest absolute Gasteiger partial charge is 0.398 e. The van der Waals surface area contributed by atoms with Gasteiger partial charge in [0.1, 0.15) is 0 Å². The van der Waals surface area contributed by atoms with Crippen LogP contribution in [0.2, 0.25) is 0 Å². The highest BCUT2D eigenvalue weighted by atomic mass is 16.1. The quantitative estimate of drug-likeness (QED) is 0.653. The van der Waals surface area contributed by atoms with Crippen LogP contribution in [0.15, 0.2) is 23.4 Å². The van der Waals surface area contributed by atoms with E-state index < -0.39 is 5.91 Å². The Morgan fingerprint density at radius 1 is 1.50 bits per heavy atom. The van der Waals surface area contributed by atoms with E-state index in [1.54, 1.807) is 0 Å². The number of carbonyl (C=O) groups excluding carboxylic acids is 1. The van der Waals surface area contributed by atoms with E-state index >= 15 is 0 Å². The first kappa shape index (κ1) is 10.8. The van der Waals surface area contributed by atoms with Crippen LogP contribution in [-0.4, -0.2) is 5.91 Å². The van der Waals surface area contributed by atoms with Gasteiger partial charge in [0.05, 0.1) is 0 Å². The second kappa shape index (κ2) is 3.86. The van der Waals surface area contributed by atoms with E-state index in [0.29, 0.717) is 11.1 Å². The lowest BCUT2D eigenvalue weighted by Gasteiger charge is -2.28. The van der Waals surface area contributed by atoms with Gasteiger partial charge in [0.25, 0.3) is 0 Å². The van der Waals surface area contributed by atoms with Crippen molar-refractivity contribution in [2.45, 2.75) is 33.1 Å². The van der Waals surface area contributed by atoms with Crippen molar-refractivity contribution in [3.63, 3.8) is 0 Å². The van der Waals surface area contributed by atoms with Gasteiger partial charge >= 0.3 is 0 Å². The maximum absolute atomic E-state index is 10.6. The summed E-state index contributed by atoms with van der Waals surface area (Å²) in [6.07, 6.45) is 6.45. The number of allylic oxidation sites excluding steroid dienone is 2. The van der Waals surface area contributed by atoms with Gasteiger partial charge in [-0.15, -0.1) is 0 Å². The lowest BCUT2D eigenvalue weighted by Crippen LogP contribution is -2.18. The number of nitrogens with two attached hydrogens (primary N) is 2. The van der Waals surface area contributed by atoms with Crippen LogP contribution in [0.4, 0.5) is 0 Å². The minimum absolute atomic E-state index is 0.358. The molecule has 14 heavy (non-hydrogen) atoms. The van der Waals surface area contributed by atoms with Gasteiger partial charge in [-0.1, -0.05) is 19.9 Å². The zero-order valence-electron chi connectivity index (χ0n) is 8.84. The van der Waals surface area contributed by atoms with E-state index in [-0.39, 0.29) is 0 Å². The lowest BCUT2D eigenvalue weighted by atomic mass is 9.78. The van der Waals surface area contributed by atoms with Crippen molar-refractivity contribution >= 4 is 5.91 Å². The van der Waals surface area contributed by atoms with E-state index in [1.165, 1.54) is 6.08 Å². The molecule has 0 aromatic heterocycles. The van der Waals surface area contributed by atoms with Gasteiger partial charge in [0.2, 0.25) is 5.91 Å². The summed E-state index contributed by atoms with van der Waals surface area (Å²) in [5.74, 6) is -0.478. The Morgan fingerprint density at radius 2 is 2.14 bits per heavy atom.